The predicted molar refractivity (Wildman–Crippen MR) is 305 cm³/mol. The number of hydrogen-bond acceptors (Lipinski definition) is 4. The molecule has 5 heterocycles. The number of rotatable bonds is 5. The van der Waals surface area contributed by atoms with E-state index in [0.717, 1.165) is 128 Å². The van der Waals surface area contributed by atoms with E-state index in [9.17, 15) is 0 Å². The number of nitrogens with one attached hydrogen (secondary N) is 1. The van der Waals surface area contributed by atoms with Gasteiger partial charge in [-0.25, -0.2) is 0 Å². The van der Waals surface area contributed by atoms with Gasteiger partial charge in [-0.1, -0.05) is 163 Å². The third-order valence-corrected chi connectivity index (χ3v) is 15.2. The molecule has 1 N–H and O–H groups in total. The monoisotopic (exact) mass is 928 g/mol. The van der Waals surface area contributed by atoms with Crippen molar-refractivity contribution in [3.63, 3.8) is 0 Å². The molecular formula is C66H51BN3O2. The Morgan fingerprint density at radius 1 is 0.500 bits per heavy atom. The van der Waals surface area contributed by atoms with Gasteiger partial charge in [0.05, 0.1) is 16.9 Å². The average Bonchev–Trinajstić information content (AvgIpc) is 4.04. The van der Waals surface area contributed by atoms with E-state index >= 15 is 0 Å². The van der Waals surface area contributed by atoms with Crippen molar-refractivity contribution in [3.05, 3.63) is 211 Å². The molecule has 2 aliphatic rings. The molecule has 14 rings (SSSR count). The van der Waals surface area contributed by atoms with Gasteiger partial charge >= 0.3 is 0 Å². The van der Waals surface area contributed by atoms with Crippen LogP contribution >= 0.6 is 0 Å². The van der Waals surface area contributed by atoms with Crippen LogP contribution in [0.4, 0.5) is 22.7 Å². The zero-order valence-corrected chi connectivity index (χ0v) is 41.3. The van der Waals surface area contributed by atoms with Crippen LogP contribution in [0, 0.1) is 0 Å². The molecule has 0 fully saturated rings. The number of benzene rings is 9. The molecule has 0 unspecified atom stereocenters. The van der Waals surface area contributed by atoms with Gasteiger partial charge in [0, 0.05) is 77.8 Å². The second kappa shape index (κ2) is 15.3. The van der Waals surface area contributed by atoms with Crippen molar-refractivity contribution in [1.82, 2.24) is 4.57 Å². The highest BCUT2D eigenvalue weighted by Gasteiger charge is 2.32. The molecule has 9 aromatic carbocycles. The maximum atomic E-state index is 6.87. The molecule has 5 nitrogen and oxygen atoms in total. The minimum absolute atomic E-state index is 0.0194. The van der Waals surface area contributed by atoms with E-state index in [1.165, 1.54) is 21.9 Å². The van der Waals surface area contributed by atoms with Crippen LogP contribution in [0.5, 0.6) is 0 Å². The molecule has 0 saturated heterocycles. The highest BCUT2D eigenvalue weighted by molar-refractivity contribution is 6.73. The first kappa shape index (κ1) is 42.4. The number of allylic oxidation sites excluding steroid dienone is 2. The van der Waals surface area contributed by atoms with Crippen LogP contribution in [0.1, 0.15) is 63.8 Å². The molecule has 0 bridgehead atoms. The summed E-state index contributed by atoms with van der Waals surface area (Å²) in [6.07, 6.45) is 2.24. The summed E-state index contributed by atoms with van der Waals surface area (Å²) in [6.45, 7) is 18.3. The molecule has 0 amide bonds. The maximum absolute atomic E-state index is 6.87. The molecule has 2 aliphatic heterocycles. The number of para-hydroxylation sites is 2. The summed E-state index contributed by atoms with van der Waals surface area (Å²) in [6, 6.07) is 63.8. The highest BCUT2D eigenvalue weighted by atomic mass is 16.3. The van der Waals surface area contributed by atoms with Gasteiger partial charge in [0.25, 0.3) is 0 Å². The van der Waals surface area contributed by atoms with Crippen molar-refractivity contribution in [2.75, 3.05) is 10.2 Å². The van der Waals surface area contributed by atoms with Crippen LogP contribution in [0.2, 0.25) is 0 Å². The molecule has 0 atom stereocenters. The summed E-state index contributed by atoms with van der Waals surface area (Å²) in [7, 11) is 2.41. The van der Waals surface area contributed by atoms with Gasteiger partial charge in [-0.05, 0) is 111 Å². The third kappa shape index (κ3) is 6.48. The first-order valence-corrected chi connectivity index (χ1v) is 25.0. The summed E-state index contributed by atoms with van der Waals surface area (Å²) in [4.78, 5) is 2.39. The van der Waals surface area contributed by atoms with Gasteiger partial charge in [0.2, 0.25) is 0 Å². The Hall–Kier alpha value is -8.48. The fourth-order valence-corrected chi connectivity index (χ4v) is 11.4. The Morgan fingerprint density at radius 3 is 1.93 bits per heavy atom. The zero-order valence-electron chi connectivity index (χ0n) is 41.3. The van der Waals surface area contributed by atoms with Crippen molar-refractivity contribution >= 4 is 118 Å². The number of aromatic nitrogens is 1. The lowest BCUT2D eigenvalue weighted by molar-refractivity contribution is 0.587. The Morgan fingerprint density at radius 2 is 1.15 bits per heavy atom. The maximum Gasteiger partial charge on any atom is 0.197 e. The van der Waals surface area contributed by atoms with Crippen LogP contribution in [0.15, 0.2) is 197 Å². The third-order valence-electron chi connectivity index (χ3n) is 15.2. The molecule has 0 aliphatic carbocycles. The van der Waals surface area contributed by atoms with E-state index in [1.54, 1.807) is 0 Å². The Balaban J connectivity index is 1.04. The van der Waals surface area contributed by atoms with Gasteiger partial charge in [-0.2, -0.15) is 0 Å². The SMILES string of the molecule is C=C1C=C(c2ccccc2)N(c2ccccc2)c2cc3c(cc21)[B]c1c(-c2cc4oc5cc(C(C)(C)C)ccc5c4cc2Nc2ccc(C(C)(C)C)cc2)ccc2c4cc5c(cc4n-3c12)oc1ccccc15. The number of fused-ring (bicyclic) bond motifs is 12. The van der Waals surface area contributed by atoms with Gasteiger partial charge in [-0.15, -0.1) is 0 Å². The second-order valence-electron chi connectivity index (χ2n) is 21.8. The quantitative estimate of drug-likeness (QED) is 0.175. The molecule has 345 valence electrons. The van der Waals surface area contributed by atoms with E-state index in [-0.39, 0.29) is 10.8 Å². The molecule has 0 spiro atoms. The Labute approximate surface area is 419 Å². The smallest absolute Gasteiger partial charge is 0.197 e. The van der Waals surface area contributed by atoms with Crippen LogP contribution < -0.4 is 21.1 Å². The van der Waals surface area contributed by atoms with Crippen molar-refractivity contribution < 1.29 is 8.83 Å². The first-order valence-electron chi connectivity index (χ1n) is 25.0. The lowest BCUT2D eigenvalue weighted by atomic mass is 9.58. The van der Waals surface area contributed by atoms with Gasteiger partial charge in [-0.3, -0.25) is 0 Å². The van der Waals surface area contributed by atoms with E-state index in [4.69, 9.17) is 15.4 Å². The van der Waals surface area contributed by atoms with E-state index in [2.05, 4.69) is 240 Å². The topological polar surface area (TPSA) is 46.5 Å². The standard InChI is InChI=1S/C66H51BN3O2/c1-38-30-55(39-16-10-8-11-17-39)69(43-18-12-9-13-19-43)56-36-58-53(33-48(38)56)67-63-46(28-29-47-50-32-51-44-20-14-15-21-59(44)71-62(51)37-57(50)70(58)64(47)63)49-35-61-52(45-27-24-41(66(5,6)7)31-60(45)72-61)34-54(49)68-42-25-22-40(23-26-42)65(2,3)4/h8-37,68H,1H2,2-7H3. The number of furan rings is 2. The molecule has 72 heavy (non-hydrogen) atoms. The lowest BCUT2D eigenvalue weighted by Crippen LogP contribution is -2.38. The summed E-state index contributed by atoms with van der Waals surface area (Å²) in [5, 5.41) is 10.7. The molecule has 1 radical (unpaired) electrons. The van der Waals surface area contributed by atoms with Crippen molar-refractivity contribution in [2.45, 2.75) is 52.4 Å². The van der Waals surface area contributed by atoms with E-state index in [0.29, 0.717) is 0 Å². The van der Waals surface area contributed by atoms with Gasteiger partial charge < -0.3 is 23.6 Å². The van der Waals surface area contributed by atoms with Crippen LogP contribution in [0.3, 0.4) is 0 Å². The normalized spacial score (nSPS) is 13.6. The first-order chi connectivity index (χ1) is 34.8. The van der Waals surface area contributed by atoms with E-state index in [1.807, 2.05) is 6.07 Å². The van der Waals surface area contributed by atoms with Crippen LogP contribution in [-0.2, 0) is 10.8 Å². The number of anilines is 4. The van der Waals surface area contributed by atoms with Crippen molar-refractivity contribution in [3.8, 4) is 16.8 Å². The second-order valence-corrected chi connectivity index (χ2v) is 21.8. The fraction of sp³-hybridized carbons (Fsp3) is 0.121. The summed E-state index contributed by atoms with van der Waals surface area (Å²) >= 11 is 0. The minimum Gasteiger partial charge on any atom is -0.456 e. The molecule has 0 saturated carbocycles. The average molecular weight is 929 g/mol. The largest absolute Gasteiger partial charge is 0.456 e. The number of nitrogens with zero attached hydrogens (tertiary/aromatic N) is 2. The van der Waals surface area contributed by atoms with Crippen LogP contribution in [-0.4, -0.2) is 11.8 Å². The molecule has 3 aromatic heterocycles. The zero-order chi connectivity index (χ0) is 48.8. The summed E-state index contributed by atoms with van der Waals surface area (Å²) in [5.74, 6) is 0. The summed E-state index contributed by atoms with van der Waals surface area (Å²) in [5.41, 5.74) is 22.2. The molecule has 6 heteroatoms. The van der Waals surface area contributed by atoms with Gasteiger partial charge in [0.1, 0.15) is 22.3 Å². The molecular weight excluding hydrogens is 878 g/mol. The fourth-order valence-electron chi connectivity index (χ4n) is 11.4. The van der Waals surface area contributed by atoms with Crippen molar-refractivity contribution in [2.24, 2.45) is 0 Å². The lowest BCUT2D eigenvalue weighted by Gasteiger charge is -2.35. The van der Waals surface area contributed by atoms with Gasteiger partial charge in [0.15, 0.2) is 7.28 Å². The number of hydrogen-bond donors (Lipinski definition) is 1. The van der Waals surface area contributed by atoms with Crippen molar-refractivity contribution in [1.29, 1.82) is 0 Å². The van der Waals surface area contributed by atoms with E-state index < -0.39 is 0 Å². The molecule has 12 aromatic rings. The Kier molecular flexibility index (Phi) is 8.99. The predicted octanol–water partition coefficient (Wildman–Crippen LogP) is 16.8. The van der Waals surface area contributed by atoms with Crippen LogP contribution in [0.25, 0.3) is 93.8 Å². The minimum atomic E-state index is -0.0194. The summed E-state index contributed by atoms with van der Waals surface area (Å²) < 4.78 is 16.0. The Bertz CT molecular complexity index is 4290. The highest BCUT2D eigenvalue weighted by Crippen LogP contribution is 2.48.